The van der Waals surface area contributed by atoms with E-state index < -0.39 is 0 Å². The second-order valence-corrected chi connectivity index (χ2v) is 9.31. The molecule has 3 fully saturated rings. The zero-order valence-electron chi connectivity index (χ0n) is 16.2. The van der Waals surface area contributed by atoms with E-state index in [1.807, 2.05) is 0 Å². The molecule has 0 bridgehead atoms. The van der Waals surface area contributed by atoms with Crippen molar-refractivity contribution in [3.63, 3.8) is 0 Å². The summed E-state index contributed by atoms with van der Waals surface area (Å²) in [6.45, 7) is 6.23. The fourth-order valence-corrected chi connectivity index (χ4v) is 6.74. The van der Waals surface area contributed by atoms with Crippen molar-refractivity contribution in [2.75, 3.05) is 0 Å². The largest absolute Gasteiger partial charge is 0.423 e. The van der Waals surface area contributed by atoms with Gasteiger partial charge in [0.25, 0.3) is 0 Å². The topological polar surface area (TPSA) is 60.4 Å². The molecule has 3 saturated carbocycles. The lowest BCUT2D eigenvalue weighted by atomic mass is 9.47. The summed E-state index contributed by atoms with van der Waals surface area (Å²) in [5.41, 5.74) is 0.901. The Labute approximate surface area is 155 Å². The number of hydrogen-bond donors (Lipinski definition) is 0. The molecule has 0 aromatic heterocycles. The number of ether oxygens (including phenoxy) is 1. The predicted octanol–water partition coefficient (Wildman–Crippen LogP) is 4.37. The maximum absolute atomic E-state index is 12.5. The van der Waals surface area contributed by atoms with E-state index in [0.29, 0.717) is 35.7 Å². The molecule has 4 rings (SSSR count). The van der Waals surface area contributed by atoms with E-state index in [1.165, 1.54) is 0 Å². The highest BCUT2D eigenvalue weighted by molar-refractivity contribution is 5.97. The highest BCUT2D eigenvalue weighted by Gasteiger charge is 2.59. The molecule has 0 aromatic carbocycles. The van der Waals surface area contributed by atoms with E-state index in [4.69, 9.17) is 4.74 Å². The second-order valence-electron chi connectivity index (χ2n) is 9.31. The van der Waals surface area contributed by atoms with Crippen molar-refractivity contribution >= 4 is 17.5 Å². The molecule has 4 nitrogen and oxygen atoms in total. The molecule has 4 heteroatoms. The molecule has 0 spiro atoms. The fourth-order valence-electron chi connectivity index (χ4n) is 6.74. The summed E-state index contributed by atoms with van der Waals surface area (Å²) in [6, 6.07) is 0. The number of fused-ring (bicyclic) bond motifs is 5. The Hall–Kier alpha value is -1.45. The fraction of sp³-hybridized carbons (Fsp3) is 0.773. The molecule has 0 amide bonds. The first-order valence-corrected chi connectivity index (χ1v) is 10.3. The number of allylic oxidation sites excluding steroid dienone is 1. The van der Waals surface area contributed by atoms with Gasteiger partial charge < -0.3 is 4.74 Å². The summed E-state index contributed by atoms with van der Waals surface area (Å²) < 4.78 is 5.53. The van der Waals surface area contributed by atoms with E-state index in [9.17, 15) is 14.4 Å². The number of esters is 1. The SMILES string of the molecule is CCC(=O)OC1=C2CCC3C(CC[C@]4(C)C(=O)CCC34)C2(C)CCC1=O. The number of carbonyl (C=O) groups is 3. The Morgan fingerprint density at radius 2 is 1.73 bits per heavy atom. The van der Waals surface area contributed by atoms with Gasteiger partial charge in [0, 0.05) is 24.7 Å². The van der Waals surface area contributed by atoms with Gasteiger partial charge in [-0.2, -0.15) is 0 Å². The van der Waals surface area contributed by atoms with Crippen LogP contribution in [0, 0.1) is 28.6 Å². The van der Waals surface area contributed by atoms with E-state index in [0.717, 1.165) is 50.5 Å². The molecule has 5 atom stereocenters. The van der Waals surface area contributed by atoms with E-state index in [-0.39, 0.29) is 29.0 Å². The van der Waals surface area contributed by atoms with Gasteiger partial charge in [0.05, 0.1) is 0 Å². The number of ketones is 2. The monoisotopic (exact) mass is 358 g/mol. The van der Waals surface area contributed by atoms with Crippen molar-refractivity contribution in [2.24, 2.45) is 28.6 Å². The molecule has 142 valence electrons. The lowest BCUT2D eigenvalue weighted by Gasteiger charge is -2.57. The molecule has 4 aliphatic rings. The number of rotatable bonds is 2. The summed E-state index contributed by atoms with van der Waals surface area (Å²) >= 11 is 0. The molecule has 0 saturated heterocycles. The first-order valence-electron chi connectivity index (χ1n) is 10.3. The third kappa shape index (κ3) is 2.36. The normalized spacial score (nSPS) is 42.2. The highest BCUT2D eigenvalue weighted by Crippen LogP contribution is 2.65. The van der Waals surface area contributed by atoms with E-state index >= 15 is 0 Å². The summed E-state index contributed by atoms with van der Waals surface area (Å²) in [5, 5.41) is 0. The Morgan fingerprint density at radius 3 is 2.46 bits per heavy atom. The average molecular weight is 358 g/mol. The van der Waals surface area contributed by atoms with Crippen LogP contribution in [0.15, 0.2) is 11.3 Å². The van der Waals surface area contributed by atoms with Crippen molar-refractivity contribution < 1.29 is 19.1 Å². The number of hydrogen-bond acceptors (Lipinski definition) is 4. The minimum atomic E-state index is -0.315. The van der Waals surface area contributed by atoms with Gasteiger partial charge in [-0.15, -0.1) is 0 Å². The molecule has 4 unspecified atom stereocenters. The van der Waals surface area contributed by atoms with Crippen LogP contribution in [0.4, 0.5) is 0 Å². The van der Waals surface area contributed by atoms with E-state index in [2.05, 4.69) is 13.8 Å². The van der Waals surface area contributed by atoms with Gasteiger partial charge in [-0.05, 0) is 67.3 Å². The third-order valence-corrected chi connectivity index (χ3v) is 8.28. The van der Waals surface area contributed by atoms with Crippen LogP contribution in [0.2, 0.25) is 0 Å². The quantitative estimate of drug-likeness (QED) is 0.688. The van der Waals surface area contributed by atoms with Gasteiger partial charge in [0.2, 0.25) is 0 Å². The maximum atomic E-state index is 12.5. The zero-order chi connectivity index (χ0) is 18.7. The Morgan fingerprint density at radius 1 is 1.00 bits per heavy atom. The van der Waals surface area contributed by atoms with Crippen molar-refractivity contribution in [3.8, 4) is 0 Å². The maximum Gasteiger partial charge on any atom is 0.311 e. The van der Waals surface area contributed by atoms with Crippen molar-refractivity contribution in [2.45, 2.75) is 78.6 Å². The van der Waals surface area contributed by atoms with Gasteiger partial charge in [0.15, 0.2) is 11.5 Å². The molecule has 0 aromatic rings. The Kier molecular flexibility index (Phi) is 4.16. The van der Waals surface area contributed by atoms with Gasteiger partial charge >= 0.3 is 5.97 Å². The van der Waals surface area contributed by atoms with Crippen molar-refractivity contribution in [3.05, 3.63) is 11.3 Å². The summed E-state index contributed by atoms with van der Waals surface area (Å²) in [5.74, 6) is 2.05. The lowest BCUT2D eigenvalue weighted by Crippen LogP contribution is -2.51. The van der Waals surface area contributed by atoms with Gasteiger partial charge in [0.1, 0.15) is 5.78 Å². The summed E-state index contributed by atoms with van der Waals surface area (Å²) in [4.78, 5) is 36.9. The molecule has 0 aliphatic heterocycles. The molecule has 26 heavy (non-hydrogen) atoms. The molecule has 4 aliphatic carbocycles. The van der Waals surface area contributed by atoms with Crippen LogP contribution in [0.1, 0.15) is 78.6 Å². The van der Waals surface area contributed by atoms with Crippen LogP contribution in [0.3, 0.4) is 0 Å². The van der Waals surface area contributed by atoms with Gasteiger partial charge in [-0.25, -0.2) is 0 Å². The minimum Gasteiger partial charge on any atom is -0.423 e. The van der Waals surface area contributed by atoms with Gasteiger partial charge in [-0.3, -0.25) is 14.4 Å². The number of Topliss-reactive ketones (excluding diaryl/α,β-unsaturated/α-hetero) is 2. The molecule has 0 radical (unpaired) electrons. The van der Waals surface area contributed by atoms with Crippen LogP contribution in [0.5, 0.6) is 0 Å². The smallest absolute Gasteiger partial charge is 0.311 e. The van der Waals surface area contributed by atoms with Crippen molar-refractivity contribution in [1.29, 1.82) is 0 Å². The van der Waals surface area contributed by atoms with Crippen LogP contribution >= 0.6 is 0 Å². The van der Waals surface area contributed by atoms with Crippen LogP contribution in [-0.2, 0) is 19.1 Å². The first-order chi connectivity index (χ1) is 12.3. The first kappa shape index (κ1) is 17.9. The predicted molar refractivity (Wildman–Crippen MR) is 97.0 cm³/mol. The molecular weight excluding hydrogens is 328 g/mol. The zero-order valence-corrected chi connectivity index (χ0v) is 16.2. The Balaban J connectivity index is 1.70. The van der Waals surface area contributed by atoms with Crippen molar-refractivity contribution in [1.82, 2.24) is 0 Å². The second kappa shape index (κ2) is 6.03. The van der Waals surface area contributed by atoms with Crippen LogP contribution in [-0.4, -0.2) is 17.5 Å². The van der Waals surface area contributed by atoms with E-state index in [1.54, 1.807) is 6.92 Å². The molecule has 0 heterocycles. The average Bonchev–Trinajstić information content (AvgIpc) is 2.93. The summed E-state index contributed by atoms with van der Waals surface area (Å²) in [7, 11) is 0. The minimum absolute atomic E-state index is 0.00517. The third-order valence-electron chi connectivity index (χ3n) is 8.28. The molecule has 0 N–H and O–H groups in total. The number of carbonyl (C=O) groups excluding carboxylic acids is 3. The molecular formula is C22H30O4. The Bertz CT molecular complexity index is 705. The van der Waals surface area contributed by atoms with Gasteiger partial charge in [-0.1, -0.05) is 20.8 Å². The standard InChI is InChI=1S/C22H30O4/c1-4-19(25)26-20-16-6-5-13-14-7-8-18(24)22(14,3)11-9-15(13)21(16,2)12-10-17(20)23/h13-15H,4-12H2,1-3H3/t13?,14?,15?,21?,22-/m0/s1. The lowest BCUT2D eigenvalue weighted by molar-refractivity contribution is -0.144. The van der Waals surface area contributed by atoms with Crippen LogP contribution in [0.25, 0.3) is 0 Å². The summed E-state index contributed by atoms with van der Waals surface area (Å²) in [6.07, 6.45) is 7.24. The highest BCUT2D eigenvalue weighted by atomic mass is 16.5. The van der Waals surface area contributed by atoms with Crippen LogP contribution < -0.4 is 0 Å².